The summed E-state index contributed by atoms with van der Waals surface area (Å²) in [6, 6.07) is 0.581. The fraction of sp³-hybridized carbons (Fsp3) is 0.929. The molecule has 0 radical (unpaired) electrons. The maximum atomic E-state index is 12.0. The largest absolute Gasteiger partial charge is 0.356 e. The highest BCUT2D eigenvalue weighted by Gasteiger charge is 2.24. The predicted molar refractivity (Wildman–Crippen MR) is 69.8 cm³/mol. The van der Waals surface area contributed by atoms with E-state index in [4.69, 9.17) is 0 Å². The normalized spacial score (nSPS) is 31.1. The van der Waals surface area contributed by atoms with Crippen molar-refractivity contribution >= 4 is 5.91 Å². The van der Waals surface area contributed by atoms with Gasteiger partial charge in [0.05, 0.1) is 5.92 Å². The van der Waals surface area contributed by atoms with E-state index in [1.165, 1.54) is 32.1 Å². The van der Waals surface area contributed by atoms with E-state index in [0.717, 1.165) is 31.8 Å². The van der Waals surface area contributed by atoms with Crippen LogP contribution in [0.2, 0.25) is 0 Å². The molecule has 2 fully saturated rings. The lowest BCUT2D eigenvalue weighted by atomic mass is 9.89. The minimum Gasteiger partial charge on any atom is -0.356 e. The maximum absolute atomic E-state index is 12.0. The first kappa shape index (κ1) is 12.9. The SMILES string of the molecule is CC1CCC(C(=O)NCC2CCCCC2)CN1. The fourth-order valence-corrected chi connectivity index (χ4v) is 3.00. The molecule has 2 N–H and O–H groups in total. The van der Waals surface area contributed by atoms with Gasteiger partial charge in [-0.1, -0.05) is 19.3 Å². The van der Waals surface area contributed by atoms with Crippen molar-refractivity contribution in [2.75, 3.05) is 13.1 Å². The number of piperidine rings is 1. The number of carbonyl (C=O) groups is 1. The first-order valence-electron chi connectivity index (χ1n) is 7.27. The topological polar surface area (TPSA) is 41.1 Å². The third kappa shape index (κ3) is 3.98. The number of nitrogens with one attached hydrogen (secondary N) is 2. The molecule has 0 bridgehead atoms. The molecule has 2 unspecified atom stereocenters. The Morgan fingerprint density at radius 1 is 1.18 bits per heavy atom. The van der Waals surface area contributed by atoms with E-state index in [-0.39, 0.29) is 11.8 Å². The number of rotatable bonds is 3. The van der Waals surface area contributed by atoms with Gasteiger partial charge in [-0.15, -0.1) is 0 Å². The Balaban J connectivity index is 1.66. The number of hydrogen-bond acceptors (Lipinski definition) is 2. The summed E-state index contributed by atoms with van der Waals surface area (Å²) >= 11 is 0. The van der Waals surface area contributed by atoms with Gasteiger partial charge in [0.1, 0.15) is 0 Å². The number of carbonyl (C=O) groups excluding carboxylic acids is 1. The zero-order valence-corrected chi connectivity index (χ0v) is 11.0. The average molecular weight is 238 g/mol. The van der Waals surface area contributed by atoms with Crippen LogP contribution in [0, 0.1) is 11.8 Å². The number of hydrogen-bond donors (Lipinski definition) is 2. The van der Waals surface area contributed by atoms with Gasteiger partial charge < -0.3 is 10.6 Å². The van der Waals surface area contributed by atoms with Gasteiger partial charge in [0.2, 0.25) is 5.91 Å². The van der Waals surface area contributed by atoms with Crippen molar-refractivity contribution in [1.29, 1.82) is 0 Å². The summed E-state index contributed by atoms with van der Waals surface area (Å²) in [5, 5.41) is 6.55. The highest BCUT2D eigenvalue weighted by molar-refractivity contribution is 5.78. The van der Waals surface area contributed by atoms with Crippen LogP contribution < -0.4 is 10.6 Å². The average Bonchev–Trinajstić information content (AvgIpc) is 2.38. The third-order valence-corrected chi connectivity index (χ3v) is 4.32. The van der Waals surface area contributed by atoms with Crippen molar-refractivity contribution in [1.82, 2.24) is 10.6 Å². The van der Waals surface area contributed by atoms with Crippen LogP contribution in [0.25, 0.3) is 0 Å². The molecule has 0 aromatic rings. The van der Waals surface area contributed by atoms with E-state index in [1.807, 2.05) is 0 Å². The molecule has 3 nitrogen and oxygen atoms in total. The lowest BCUT2D eigenvalue weighted by molar-refractivity contribution is -0.125. The molecule has 17 heavy (non-hydrogen) atoms. The van der Waals surface area contributed by atoms with Gasteiger partial charge in [-0.2, -0.15) is 0 Å². The monoisotopic (exact) mass is 238 g/mol. The smallest absolute Gasteiger partial charge is 0.224 e. The van der Waals surface area contributed by atoms with Crippen LogP contribution in [0.1, 0.15) is 51.9 Å². The van der Waals surface area contributed by atoms with Crippen LogP contribution in [-0.4, -0.2) is 25.0 Å². The minimum absolute atomic E-state index is 0.204. The van der Waals surface area contributed by atoms with Gasteiger partial charge in [-0.3, -0.25) is 4.79 Å². The Hall–Kier alpha value is -0.570. The number of amides is 1. The van der Waals surface area contributed by atoms with E-state index < -0.39 is 0 Å². The van der Waals surface area contributed by atoms with Crippen molar-refractivity contribution in [2.45, 2.75) is 57.9 Å². The Morgan fingerprint density at radius 2 is 1.94 bits per heavy atom. The molecule has 2 aliphatic rings. The molecule has 0 aromatic carbocycles. The second-order valence-corrected chi connectivity index (χ2v) is 5.83. The minimum atomic E-state index is 0.204. The summed E-state index contributed by atoms with van der Waals surface area (Å²) in [6.07, 6.45) is 8.87. The lowest BCUT2D eigenvalue weighted by Gasteiger charge is -2.28. The molecule has 0 spiro atoms. The fourth-order valence-electron chi connectivity index (χ4n) is 3.00. The summed E-state index contributed by atoms with van der Waals surface area (Å²) in [6.45, 7) is 3.96. The second-order valence-electron chi connectivity index (χ2n) is 5.83. The molecule has 0 aromatic heterocycles. The molecule has 1 heterocycles. The third-order valence-electron chi connectivity index (χ3n) is 4.32. The van der Waals surface area contributed by atoms with Gasteiger partial charge >= 0.3 is 0 Å². The summed E-state index contributed by atoms with van der Waals surface area (Å²) < 4.78 is 0. The first-order chi connectivity index (χ1) is 8.25. The summed E-state index contributed by atoms with van der Waals surface area (Å²) in [5.41, 5.74) is 0. The Kier molecular flexibility index (Phi) is 4.84. The van der Waals surface area contributed by atoms with Gasteiger partial charge in [-0.05, 0) is 38.5 Å². The zero-order valence-electron chi connectivity index (χ0n) is 11.0. The molecule has 1 aliphatic carbocycles. The van der Waals surface area contributed by atoms with Gasteiger partial charge in [0, 0.05) is 19.1 Å². The highest BCUT2D eigenvalue weighted by Crippen LogP contribution is 2.23. The standard InChI is InChI=1S/C14H26N2O/c1-11-7-8-13(10-15-11)14(17)16-9-12-5-3-2-4-6-12/h11-13,15H,2-10H2,1H3,(H,16,17). The highest BCUT2D eigenvalue weighted by atomic mass is 16.1. The van der Waals surface area contributed by atoms with Crippen LogP contribution >= 0.6 is 0 Å². The van der Waals surface area contributed by atoms with Crippen LogP contribution in [0.3, 0.4) is 0 Å². The molecule has 3 heteroatoms. The molecule has 2 atom stereocenters. The van der Waals surface area contributed by atoms with E-state index in [1.54, 1.807) is 0 Å². The first-order valence-corrected chi connectivity index (χ1v) is 7.27. The molecular formula is C14H26N2O. The van der Waals surface area contributed by atoms with Crippen molar-refractivity contribution in [3.05, 3.63) is 0 Å². The van der Waals surface area contributed by atoms with Crippen molar-refractivity contribution in [3.63, 3.8) is 0 Å². The summed E-state index contributed by atoms with van der Waals surface area (Å²) in [4.78, 5) is 12.0. The van der Waals surface area contributed by atoms with Crippen LogP contribution in [0.15, 0.2) is 0 Å². The van der Waals surface area contributed by atoms with Crippen LogP contribution in [0.5, 0.6) is 0 Å². The lowest BCUT2D eigenvalue weighted by Crippen LogP contribution is -2.45. The molecule has 1 saturated heterocycles. The van der Waals surface area contributed by atoms with Gasteiger partial charge in [0.25, 0.3) is 0 Å². The molecule has 2 rings (SSSR count). The molecule has 98 valence electrons. The van der Waals surface area contributed by atoms with Crippen molar-refractivity contribution in [3.8, 4) is 0 Å². The Bertz CT molecular complexity index is 241. The van der Waals surface area contributed by atoms with Crippen LogP contribution in [-0.2, 0) is 4.79 Å². The quantitative estimate of drug-likeness (QED) is 0.790. The maximum Gasteiger partial charge on any atom is 0.224 e. The van der Waals surface area contributed by atoms with E-state index >= 15 is 0 Å². The summed E-state index contributed by atoms with van der Waals surface area (Å²) in [5.74, 6) is 1.22. The molecule has 1 amide bonds. The zero-order chi connectivity index (χ0) is 12.1. The van der Waals surface area contributed by atoms with Crippen molar-refractivity contribution in [2.24, 2.45) is 11.8 Å². The molecular weight excluding hydrogens is 212 g/mol. The van der Waals surface area contributed by atoms with Crippen LogP contribution in [0.4, 0.5) is 0 Å². The van der Waals surface area contributed by atoms with E-state index in [0.29, 0.717) is 6.04 Å². The van der Waals surface area contributed by atoms with E-state index in [9.17, 15) is 4.79 Å². The summed E-state index contributed by atoms with van der Waals surface area (Å²) in [7, 11) is 0. The predicted octanol–water partition coefficient (Wildman–Crippen LogP) is 2.07. The van der Waals surface area contributed by atoms with Gasteiger partial charge in [-0.25, -0.2) is 0 Å². The Morgan fingerprint density at radius 3 is 2.59 bits per heavy atom. The van der Waals surface area contributed by atoms with Gasteiger partial charge in [0.15, 0.2) is 0 Å². The molecule has 1 saturated carbocycles. The molecule has 1 aliphatic heterocycles. The van der Waals surface area contributed by atoms with Crippen molar-refractivity contribution < 1.29 is 4.79 Å². The second kappa shape index (κ2) is 6.39. The Labute approximate surface area is 105 Å². The van der Waals surface area contributed by atoms with E-state index in [2.05, 4.69) is 17.6 Å².